The highest BCUT2D eigenvalue weighted by Gasteiger charge is 2.33. The van der Waals surface area contributed by atoms with Gasteiger partial charge < -0.3 is 10.4 Å². The molecule has 0 spiro atoms. The lowest BCUT2D eigenvalue weighted by Gasteiger charge is -2.42. The molecule has 0 bridgehead atoms. The largest absolute Gasteiger partial charge is 0.480 e. The molecule has 1 aliphatic carbocycles. The summed E-state index contributed by atoms with van der Waals surface area (Å²) in [6.45, 7) is 5.90. The molecule has 1 heterocycles. The van der Waals surface area contributed by atoms with Crippen LogP contribution < -0.4 is 5.32 Å². The van der Waals surface area contributed by atoms with Crippen molar-refractivity contribution < 1.29 is 9.90 Å². The van der Waals surface area contributed by atoms with Gasteiger partial charge in [-0.25, -0.2) is 0 Å². The average Bonchev–Trinajstić information content (AvgIpc) is 2.44. The van der Waals surface area contributed by atoms with Gasteiger partial charge in [-0.3, -0.25) is 14.7 Å². The van der Waals surface area contributed by atoms with Gasteiger partial charge in [0.05, 0.1) is 6.54 Å². The molecule has 0 aromatic carbocycles. The number of hydrogen-bond donors (Lipinski definition) is 2. The van der Waals surface area contributed by atoms with Gasteiger partial charge in [-0.15, -0.1) is 0 Å². The van der Waals surface area contributed by atoms with Crippen LogP contribution in [0.1, 0.15) is 37.9 Å². The highest BCUT2D eigenvalue weighted by atomic mass is 16.4. The van der Waals surface area contributed by atoms with Gasteiger partial charge in [0.25, 0.3) is 0 Å². The van der Waals surface area contributed by atoms with Crippen LogP contribution in [-0.4, -0.2) is 46.1 Å². The maximum atomic E-state index is 10.8. The molecule has 1 aromatic rings. The van der Waals surface area contributed by atoms with E-state index in [1.807, 2.05) is 18.0 Å². The SMILES string of the molecule is CCc1ccc(CNC2CC(N(CC)CC(=O)O)C2)cn1. The molecule has 5 nitrogen and oxygen atoms in total. The highest BCUT2D eigenvalue weighted by Crippen LogP contribution is 2.25. The van der Waals surface area contributed by atoms with Crippen LogP contribution in [0.25, 0.3) is 0 Å². The van der Waals surface area contributed by atoms with Gasteiger partial charge in [-0.05, 0) is 37.4 Å². The van der Waals surface area contributed by atoms with Crippen LogP contribution in [0.5, 0.6) is 0 Å². The van der Waals surface area contributed by atoms with Crippen molar-refractivity contribution in [3.63, 3.8) is 0 Å². The van der Waals surface area contributed by atoms with Crippen LogP contribution in [0.2, 0.25) is 0 Å². The Balaban J connectivity index is 1.71. The van der Waals surface area contributed by atoms with E-state index in [0.29, 0.717) is 12.1 Å². The van der Waals surface area contributed by atoms with Crippen LogP contribution in [0.4, 0.5) is 0 Å². The summed E-state index contributed by atoms with van der Waals surface area (Å²) in [7, 11) is 0. The molecular weight excluding hydrogens is 266 g/mol. The first-order valence-corrected chi connectivity index (χ1v) is 7.75. The number of nitrogens with zero attached hydrogens (tertiary/aromatic N) is 2. The van der Waals surface area contributed by atoms with E-state index in [2.05, 4.69) is 29.4 Å². The van der Waals surface area contributed by atoms with Crippen molar-refractivity contribution in [3.8, 4) is 0 Å². The van der Waals surface area contributed by atoms with Crippen LogP contribution in [-0.2, 0) is 17.8 Å². The fourth-order valence-corrected chi connectivity index (χ4v) is 2.76. The minimum Gasteiger partial charge on any atom is -0.480 e. The van der Waals surface area contributed by atoms with Crippen molar-refractivity contribution in [1.82, 2.24) is 15.2 Å². The number of hydrogen-bond acceptors (Lipinski definition) is 4. The molecule has 5 heteroatoms. The van der Waals surface area contributed by atoms with Crippen LogP contribution in [0.3, 0.4) is 0 Å². The lowest BCUT2D eigenvalue weighted by Crippen LogP contribution is -2.53. The van der Waals surface area contributed by atoms with Gasteiger partial charge in [-0.2, -0.15) is 0 Å². The smallest absolute Gasteiger partial charge is 0.317 e. The van der Waals surface area contributed by atoms with Gasteiger partial charge in [-0.1, -0.05) is 19.9 Å². The fraction of sp³-hybridized carbons (Fsp3) is 0.625. The summed E-state index contributed by atoms with van der Waals surface area (Å²) in [5.41, 5.74) is 2.32. The maximum absolute atomic E-state index is 10.8. The van der Waals surface area contributed by atoms with Crippen molar-refractivity contribution in [1.29, 1.82) is 0 Å². The predicted molar refractivity (Wildman–Crippen MR) is 82.1 cm³/mol. The predicted octanol–water partition coefficient (Wildman–Crippen LogP) is 1.67. The molecule has 2 rings (SSSR count). The number of carboxylic acid groups (broad SMARTS) is 1. The Morgan fingerprint density at radius 2 is 2.19 bits per heavy atom. The molecule has 116 valence electrons. The zero-order valence-electron chi connectivity index (χ0n) is 12.9. The van der Waals surface area contributed by atoms with Crippen molar-refractivity contribution in [2.24, 2.45) is 0 Å². The van der Waals surface area contributed by atoms with Gasteiger partial charge >= 0.3 is 5.97 Å². The normalized spacial score (nSPS) is 21.3. The molecule has 1 aliphatic rings. The first kappa shape index (κ1) is 15.9. The third-order valence-electron chi connectivity index (χ3n) is 4.22. The molecule has 0 amide bonds. The summed E-state index contributed by atoms with van der Waals surface area (Å²) in [5.74, 6) is -0.740. The van der Waals surface area contributed by atoms with E-state index in [0.717, 1.165) is 38.0 Å². The van der Waals surface area contributed by atoms with E-state index >= 15 is 0 Å². The van der Waals surface area contributed by atoms with Crippen molar-refractivity contribution in [2.75, 3.05) is 13.1 Å². The first-order valence-electron chi connectivity index (χ1n) is 7.75. The van der Waals surface area contributed by atoms with Gasteiger partial charge in [0.1, 0.15) is 0 Å². The minimum atomic E-state index is -0.740. The number of aryl methyl sites for hydroxylation is 1. The number of aliphatic carboxylic acids is 1. The Bertz CT molecular complexity index is 455. The van der Waals surface area contributed by atoms with Gasteiger partial charge in [0.2, 0.25) is 0 Å². The van der Waals surface area contributed by atoms with Gasteiger partial charge in [0, 0.05) is 30.5 Å². The van der Waals surface area contributed by atoms with E-state index in [4.69, 9.17) is 5.11 Å². The monoisotopic (exact) mass is 291 g/mol. The number of pyridine rings is 1. The third-order valence-corrected chi connectivity index (χ3v) is 4.22. The van der Waals surface area contributed by atoms with Crippen molar-refractivity contribution in [3.05, 3.63) is 29.6 Å². The summed E-state index contributed by atoms with van der Waals surface area (Å²) in [5, 5.41) is 12.4. The summed E-state index contributed by atoms with van der Waals surface area (Å²) in [4.78, 5) is 17.2. The molecule has 1 saturated carbocycles. The zero-order chi connectivity index (χ0) is 15.2. The fourth-order valence-electron chi connectivity index (χ4n) is 2.76. The molecule has 1 aromatic heterocycles. The summed E-state index contributed by atoms with van der Waals surface area (Å²) >= 11 is 0. The third kappa shape index (κ3) is 4.51. The Morgan fingerprint density at radius 1 is 1.43 bits per heavy atom. The molecule has 0 saturated heterocycles. The van der Waals surface area contributed by atoms with Crippen LogP contribution >= 0.6 is 0 Å². The number of aromatic nitrogens is 1. The quantitative estimate of drug-likeness (QED) is 0.763. The van der Waals surface area contributed by atoms with E-state index < -0.39 is 5.97 Å². The molecule has 0 aliphatic heterocycles. The minimum absolute atomic E-state index is 0.149. The van der Waals surface area contributed by atoms with Gasteiger partial charge in [0.15, 0.2) is 0 Å². The lowest BCUT2D eigenvalue weighted by molar-refractivity contribution is -0.139. The van der Waals surface area contributed by atoms with E-state index in [1.165, 1.54) is 5.56 Å². The number of carboxylic acids is 1. The molecule has 0 atom stereocenters. The highest BCUT2D eigenvalue weighted by molar-refractivity contribution is 5.69. The van der Waals surface area contributed by atoms with Crippen molar-refractivity contribution >= 4 is 5.97 Å². The Hall–Kier alpha value is -1.46. The lowest BCUT2D eigenvalue weighted by atomic mass is 9.85. The number of nitrogens with one attached hydrogen (secondary N) is 1. The van der Waals surface area contributed by atoms with Crippen molar-refractivity contribution in [2.45, 2.75) is 51.7 Å². The number of carbonyl (C=O) groups is 1. The van der Waals surface area contributed by atoms with E-state index in [9.17, 15) is 4.79 Å². The summed E-state index contributed by atoms with van der Waals surface area (Å²) < 4.78 is 0. The summed E-state index contributed by atoms with van der Waals surface area (Å²) in [6.07, 6.45) is 4.96. The first-order chi connectivity index (χ1) is 10.1. The Kier molecular flexibility index (Phi) is 5.70. The van der Waals surface area contributed by atoms with E-state index in [1.54, 1.807) is 0 Å². The molecule has 2 N–H and O–H groups in total. The standard InChI is InChI=1S/C16H25N3O2/c1-3-13-6-5-12(9-17-13)10-18-14-7-15(8-14)19(4-2)11-16(20)21/h5-6,9,14-15,18H,3-4,7-8,10-11H2,1-2H3,(H,20,21). The average molecular weight is 291 g/mol. The van der Waals surface area contributed by atoms with E-state index in [-0.39, 0.29) is 6.54 Å². The summed E-state index contributed by atoms with van der Waals surface area (Å²) in [6, 6.07) is 5.09. The molecule has 0 radical (unpaired) electrons. The Labute approximate surface area is 126 Å². The second kappa shape index (κ2) is 7.52. The van der Waals surface area contributed by atoms with Crippen LogP contribution in [0, 0.1) is 0 Å². The second-order valence-corrected chi connectivity index (χ2v) is 5.67. The van der Waals surface area contributed by atoms with Crippen LogP contribution in [0.15, 0.2) is 18.3 Å². The maximum Gasteiger partial charge on any atom is 0.317 e. The molecule has 21 heavy (non-hydrogen) atoms. The number of likely N-dealkylation sites (N-methyl/N-ethyl adjacent to an activating group) is 1. The second-order valence-electron chi connectivity index (χ2n) is 5.67. The zero-order valence-corrected chi connectivity index (χ0v) is 12.9. The topological polar surface area (TPSA) is 65.5 Å². The molecule has 0 unspecified atom stereocenters. The molecule has 1 fully saturated rings. The Morgan fingerprint density at radius 3 is 2.71 bits per heavy atom. The number of rotatable bonds is 8. The molecular formula is C16H25N3O2.